The van der Waals surface area contributed by atoms with Gasteiger partial charge in [-0.25, -0.2) is 4.98 Å². The summed E-state index contributed by atoms with van der Waals surface area (Å²) in [6.07, 6.45) is 6.22. The molecule has 7 heteroatoms. The zero-order valence-corrected chi connectivity index (χ0v) is 16.6. The summed E-state index contributed by atoms with van der Waals surface area (Å²) in [5.74, 6) is 0.0791. The van der Waals surface area contributed by atoms with Crippen LogP contribution in [0, 0.1) is 0 Å². The van der Waals surface area contributed by atoms with Gasteiger partial charge in [0.25, 0.3) is 5.91 Å². The Morgan fingerprint density at radius 1 is 1.26 bits per heavy atom. The number of aryl methyl sites for hydroxylation is 1. The monoisotopic (exact) mass is 386 g/mol. The lowest BCUT2D eigenvalue weighted by Gasteiger charge is -2.47. The maximum absolute atomic E-state index is 12.8. The lowest BCUT2D eigenvalue weighted by atomic mass is 9.89. The van der Waals surface area contributed by atoms with Crippen molar-refractivity contribution < 1.29 is 9.53 Å². The lowest BCUT2D eigenvalue weighted by molar-refractivity contribution is -0.134. The molecule has 1 spiro atoms. The van der Waals surface area contributed by atoms with Crippen molar-refractivity contribution >= 4 is 17.2 Å². The molecule has 2 aliphatic rings. The van der Waals surface area contributed by atoms with Crippen molar-refractivity contribution in [1.29, 1.82) is 0 Å². The Morgan fingerprint density at radius 3 is 2.78 bits per heavy atom. The van der Waals surface area contributed by atoms with Crippen LogP contribution in [0.1, 0.15) is 40.8 Å². The first kappa shape index (κ1) is 18.5. The van der Waals surface area contributed by atoms with Crippen LogP contribution in [-0.4, -0.2) is 64.1 Å². The molecule has 0 bridgehead atoms. The molecule has 4 rings (SSSR count). The largest absolute Gasteiger partial charge is 0.372 e. The average Bonchev–Trinajstić information content (AvgIpc) is 3.21. The van der Waals surface area contributed by atoms with Gasteiger partial charge >= 0.3 is 0 Å². The number of ether oxygens (including phenoxy) is 1. The number of aromatic nitrogens is 2. The highest BCUT2D eigenvalue weighted by Gasteiger charge is 2.40. The second-order valence-electron chi connectivity index (χ2n) is 7.35. The predicted octanol–water partition coefficient (Wildman–Crippen LogP) is 2.61. The Labute approximate surface area is 164 Å². The van der Waals surface area contributed by atoms with Gasteiger partial charge in [0.2, 0.25) is 0 Å². The van der Waals surface area contributed by atoms with Crippen molar-refractivity contribution in [2.24, 2.45) is 0 Å². The fourth-order valence-electron chi connectivity index (χ4n) is 3.94. The fourth-order valence-corrected chi connectivity index (χ4v) is 4.60. The van der Waals surface area contributed by atoms with Crippen LogP contribution in [0.3, 0.4) is 0 Å². The number of hydrogen-bond acceptors (Lipinski definition) is 6. The summed E-state index contributed by atoms with van der Waals surface area (Å²) in [6, 6.07) is 3.84. The predicted molar refractivity (Wildman–Crippen MR) is 105 cm³/mol. The number of hydrogen-bond donors (Lipinski definition) is 0. The van der Waals surface area contributed by atoms with Gasteiger partial charge in [-0.3, -0.25) is 14.7 Å². The van der Waals surface area contributed by atoms with E-state index in [-0.39, 0.29) is 11.5 Å². The maximum Gasteiger partial charge on any atom is 0.255 e. The molecule has 4 heterocycles. The van der Waals surface area contributed by atoms with Gasteiger partial charge in [-0.2, -0.15) is 0 Å². The van der Waals surface area contributed by atoms with Crippen LogP contribution < -0.4 is 0 Å². The summed E-state index contributed by atoms with van der Waals surface area (Å²) in [6.45, 7) is 7.04. The number of nitrogens with zero attached hydrogens (tertiary/aromatic N) is 4. The number of carbonyl (C=O) groups excluding carboxylic acids is 1. The third-order valence-corrected chi connectivity index (χ3v) is 6.33. The number of morpholine rings is 1. The van der Waals surface area contributed by atoms with Crippen LogP contribution in [0.5, 0.6) is 0 Å². The van der Waals surface area contributed by atoms with Gasteiger partial charge in [0.1, 0.15) is 5.01 Å². The number of pyridine rings is 1. The third kappa shape index (κ3) is 4.20. The van der Waals surface area contributed by atoms with Crippen molar-refractivity contribution in [3.05, 3.63) is 46.2 Å². The Bertz CT molecular complexity index is 755. The van der Waals surface area contributed by atoms with E-state index in [2.05, 4.69) is 21.8 Å². The molecule has 2 aliphatic heterocycles. The highest BCUT2D eigenvalue weighted by molar-refractivity contribution is 7.09. The van der Waals surface area contributed by atoms with Crippen LogP contribution in [0.25, 0.3) is 0 Å². The van der Waals surface area contributed by atoms with Crippen molar-refractivity contribution in [2.45, 2.75) is 38.3 Å². The first-order chi connectivity index (χ1) is 13.2. The summed E-state index contributed by atoms with van der Waals surface area (Å²) < 4.78 is 6.21. The number of likely N-dealkylation sites (tertiary alicyclic amines) is 1. The van der Waals surface area contributed by atoms with Crippen LogP contribution in [0.2, 0.25) is 0 Å². The molecular formula is C20H26N4O2S. The molecule has 0 atom stereocenters. The second-order valence-corrected chi connectivity index (χ2v) is 8.33. The Kier molecular flexibility index (Phi) is 5.52. The minimum absolute atomic E-state index is 0.0791. The number of carbonyl (C=O) groups is 1. The second kappa shape index (κ2) is 8.04. The van der Waals surface area contributed by atoms with Gasteiger partial charge < -0.3 is 9.64 Å². The molecular weight excluding hydrogens is 360 g/mol. The molecule has 27 heavy (non-hydrogen) atoms. The SMILES string of the molecule is CCc1ccc(C(=O)N2CCC3(CC2)CN(Cc2nccs2)CCO3)cn1. The van der Waals surface area contributed by atoms with E-state index in [1.165, 1.54) is 0 Å². The van der Waals surface area contributed by atoms with Gasteiger partial charge in [0.05, 0.1) is 24.3 Å². The molecule has 0 saturated carbocycles. The average molecular weight is 387 g/mol. The molecule has 0 aromatic carbocycles. The zero-order valence-electron chi connectivity index (χ0n) is 15.8. The normalized spacial score (nSPS) is 20.1. The summed E-state index contributed by atoms with van der Waals surface area (Å²) in [5.41, 5.74) is 1.56. The van der Waals surface area contributed by atoms with Crippen molar-refractivity contribution in [1.82, 2.24) is 19.8 Å². The first-order valence-corrected chi connectivity index (χ1v) is 10.5. The Balaban J connectivity index is 1.35. The number of rotatable bonds is 4. The van der Waals surface area contributed by atoms with Crippen molar-refractivity contribution in [3.63, 3.8) is 0 Å². The molecule has 0 unspecified atom stereocenters. The van der Waals surface area contributed by atoms with E-state index in [4.69, 9.17) is 4.74 Å². The third-order valence-electron chi connectivity index (χ3n) is 5.57. The van der Waals surface area contributed by atoms with E-state index in [9.17, 15) is 4.79 Å². The first-order valence-electron chi connectivity index (χ1n) is 9.66. The van der Waals surface area contributed by atoms with E-state index in [1.54, 1.807) is 17.5 Å². The minimum Gasteiger partial charge on any atom is -0.372 e. The van der Waals surface area contributed by atoms with E-state index in [0.717, 1.165) is 69.3 Å². The number of amides is 1. The number of thiazole rings is 1. The van der Waals surface area contributed by atoms with E-state index < -0.39 is 0 Å². The van der Waals surface area contributed by atoms with E-state index >= 15 is 0 Å². The minimum atomic E-state index is -0.128. The fraction of sp³-hybridized carbons (Fsp3) is 0.550. The molecule has 0 aliphatic carbocycles. The smallest absolute Gasteiger partial charge is 0.255 e. The van der Waals surface area contributed by atoms with Crippen LogP contribution in [0.4, 0.5) is 0 Å². The maximum atomic E-state index is 12.8. The lowest BCUT2D eigenvalue weighted by Crippen LogP contribution is -2.57. The molecule has 0 radical (unpaired) electrons. The Hall–Kier alpha value is -1.83. The van der Waals surface area contributed by atoms with Crippen molar-refractivity contribution in [2.75, 3.05) is 32.8 Å². The van der Waals surface area contributed by atoms with Gasteiger partial charge in [0, 0.05) is 49.6 Å². The highest BCUT2D eigenvalue weighted by atomic mass is 32.1. The number of piperidine rings is 1. The highest BCUT2D eigenvalue weighted by Crippen LogP contribution is 2.31. The van der Waals surface area contributed by atoms with Gasteiger partial charge in [-0.05, 0) is 31.4 Å². The van der Waals surface area contributed by atoms with Gasteiger partial charge in [-0.1, -0.05) is 6.92 Å². The molecule has 6 nitrogen and oxygen atoms in total. The molecule has 2 fully saturated rings. The van der Waals surface area contributed by atoms with E-state index in [0.29, 0.717) is 5.56 Å². The molecule has 144 valence electrons. The summed E-state index contributed by atoms with van der Waals surface area (Å²) >= 11 is 1.70. The summed E-state index contributed by atoms with van der Waals surface area (Å²) in [5, 5.41) is 3.18. The van der Waals surface area contributed by atoms with Crippen LogP contribution in [-0.2, 0) is 17.7 Å². The van der Waals surface area contributed by atoms with Crippen LogP contribution >= 0.6 is 11.3 Å². The zero-order chi connectivity index (χ0) is 18.7. The quantitative estimate of drug-likeness (QED) is 0.808. The molecule has 2 saturated heterocycles. The summed E-state index contributed by atoms with van der Waals surface area (Å²) in [4.78, 5) is 25.9. The molecule has 2 aromatic heterocycles. The van der Waals surface area contributed by atoms with Crippen molar-refractivity contribution in [3.8, 4) is 0 Å². The Morgan fingerprint density at radius 2 is 2.11 bits per heavy atom. The topological polar surface area (TPSA) is 58.6 Å². The molecule has 0 N–H and O–H groups in total. The summed E-state index contributed by atoms with van der Waals surface area (Å²) in [7, 11) is 0. The van der Waals surface area contributed by atoms with Crippen LogP contribution in [0.15, 0.2) is 29.9 Å². The molecule has 2 aromatic rings. The van der Waals surface area contributed by atoms with E-state index in [1.807, 2.05) is 28.6 Å². The molecule has 1 amide bonds. The van der Waals surface area contributed by atoms with Gasteiger partial charge in [0.15, 0.2) is 0 Å². The standard InChI is InChI=1S/C20H26N4O2S/c1-2-17-4-3-16(13-22-17)19(25)24-8-5-20(6-9-24)15-23(10-11-26-20)14-18-21-7-12-27-18/h3-4,7,12-13H,2,5-6,8-11,14-15H2,1H3. The van der Waals surface area contributed by atoms with Gasteiger partial charge in [-0.15, -0.1) is 11.3 Å².